The Labute approximate surface area is 130 Å². The van der Waals surface area contributed by atoms with E-state index in [-0.39, 0.29) is 11.8 Å². The van der Waals surface area contributed by atoms with Crippen LogP contribution in [0.25, 0.3) is 5.70 Å². The minimum atomic E-state index is -0.161. The molecule has 0 saturated heterocycles. The Balaban J connectivity index is 1.82. The van der Waals surface area contributed by atoms with Crippen LogP contribution in [-0.4, -0.2) is 11.0 Å². The van der Waals surface area contributed by atoms with Gasteiger partial charge in [-0.05, 0) is 31.6 Å². The first-order chi connectivity index (χ1) is 10.6. The Bertz CT molecular complexity index is 706. The summed E-state index contributed by atoms with van der Waals surface area (Å²) in [4.78, 5) is 18.1. The van der Waals surface area contributed by atoms with Gasteiger partial charge in [-0.3, -0.25) is 9.63 Å². The van der Waals surface area contributed by atoms with Crippen LogP contribution in [0.2, 0.25) is 0 Å². The highest BCUT2D eigenvalue weighted by molar-refractivity contribution is 5.94. The normalized spacial score (nSPS) is 17.7. The molecule has 0 bridgehead atoms. The number of hydrogen-bond donors (Lipinski definition) is 0. The minimum Gasteiger partial charge on any atom is -0.271 e. The average Bonchev–Trinajstić information content (AvgIpc) is 2.82. The van der Waals surface area contributed by atoms with Crippen molar-refractivity contribution in [3.05, 3.63) is 77.4 Å². The summed E-state index contributed by atoms with van der Waals surface area (Å²) in [5.74, 6) is -0.182. The number of nitrogens with zero attached hydrogens (tertiary/aromatic N) is 1. The lowest BCUT2D eigenvalue weighted by Crippen LogP contribution is -2.27. The third kappa shape index (κ3) is 2.95. The van der Waals surface area contributed by atoms with Crippen LogP contribution in [0.5, 0.6) is 0 Å². The quantitative estimate of drug-likeness (QED) is 0.854. The summed E-state index contributed by atoms with van der Waals surface area (Å²) in [5, 5.41) is 1.44. The average molecular weight is 293 g/mol. The van der Waals surface area contributed by atoms with Gasteiger partial charge in [0.25, 0.3) is 5.91 Å². The lowest BCUT2D eigenvalue weighted by molar-refractivity contribution is -0.169. The van der Waals surface area contributed by atoms with Crippen LogP contribution >= 0.6 is 0 Å². The molecular formula is C19H19NO2. The number of rotatable bonds is 4. The largest absolute Gasteiger partial charge is 0.271 e. The fourth-order valence-corrected chi connectivity index (χ4v) is 2.54. The van der Waals surface area contributed by atoms with Crippen LogP contribution in [0.4, 0.5) is 0 Å². The molecule has 0 aromatic heterocycles. The molecule has 1 unspecified atom stereocenters. The van der Waals surface area contributed by atoms with E-state index in [1.807, 2.05) is 68.5 Å². The number of amides is 1. The second kappa shape index (κ2) is 6.16. The predicted octanol–water partition coefficient (Wildman–Crippen LogP) is 3.95. The fourth-order valence-electron chi connectivity index (χ4n) is 2.54. The molecular weight excluding hydrogens is 274 g/mol. The standard InChI is InChI=1S/C19H19NO2/c1-14-7-6-10-17(11-14)18-12-15(2)19(21)20(18)22-13-16-8-4-3-5-9-16/h3-12,15H,13H2,1-2H3. The summed E-state index contributed by atoms with van der Waals surface area (Å²) in [6, 6.07) is 18.0. The van der Waals surface area contributed by atoms with Gasteiger partial charge in [0, 0.05) is 5.56 Å². The Morgan fingerprint density at radius 2 is 1.86 bits per heavy atom. The van der Waals surface area contributed by atoms with Gasteiger partial charge in [-0.25, -0.2) is 0 Å². The lowest BCUT2D eigenvalue weighted by atomic mass is 10.1. The third-order valence-electron chi connectivity index (χ3n) is 3.73. The summed E-state index contributed by atoms with van der Waals surface area (Å²) in [5.41, 5.74) is 4.04. The molecule has 2 aromatic carbocycles. The van der Waals surface area contributed by atoms with Crippen molar-refractivity contribution in [1.29, 1.82) is 0 Å². The van der Waals surface area contributed by atoms with E-state index in [0.717, 1.165) is 22.4 Å². The van der Waals surface area contributed by atoms with Crippen molar-refractivity contribution in [2.45, 2.75) is 20.5 Å². The van der Waals surface area contributed by atoms with Crippen LogP contribution in [0.1, 0.15) is 23.6 Å². The molecule has 3 rings (SSSR count). The van der Waals surface area contributed by atoms with Crippen molar-refractivity contribution in [2.24, 2.45) is 5.92 Å². The molecule has 22 heavy (non-hydrogen) atoms. The summed E-state index contributed by atoms with van der Waals surface area (Å²) in [6.45, 7) is 4.31. The van der Waals surface area contributed by atoms with Gasteiger partial charge < -0.3 is 0 Å². The van der Waals surface area contributed by atoms with Gasteiger partial charge in [0.05, 0.1) is 11.6 Å². The zero-order valence-corrected chi connectivity index (χ0v) is 12.8. The number of carbonyl (C=O) groups excluding carboxylic acids is 1. The first kappa shape index (κ1) is 14.5. The maximum atomic E-state index is 12.3. The number of benzene rings is 2. The summed E-state index contributed by atoms with van der Waals surface area (Å²) in [6.07, 6.45) is 1.96. The Morgan fingerprint density at radius 1 is 1.09 bits per heavy atom. The van der Waals surface area contributed by atoms with E-state index < -0.39 is 0 Å². The second-order valence-corrected chi connectivity index (χ2v) is 5.60. The van der Waals surface area contributed by atoms with Gasteiger partial charge in [-0.2, -0.15) is 5.06 Å². The van der Waals surface area contributed by atoms with Gasteiger partial charge >= 0.3 is 0 Å². The zero-order valence-electron chi connectivity index (χ0n) is 12.8. The summed E-state index contributed by atoms with van der Waals surface area (Å²) >= 11 is 0. The van der Waals surface area contributed by atoms with Gasteiger partial charge in [0.1, 0.15) is 6.61 Å². The molecule has 1 aliphatic heterocycles. The molecule has 2 aromatic rings. The molecule has 3 nitrogen and oxygen atoms in total. The van der Waals surface area contributed by atoms with Gasteiger partial charge in [-0.15, -0.1) is 0 Å². The first-order valence-electron chi connectivity index (χ1n) is 7.45. The number of carbonyl (C=O) groups is 1. The van der Waals surface area contributed by atoms with Gasteiger partial charge in [0.15, 0.2) is 0 Å². The molecule has 1 amide bonds. The summed E-state index contributed by atoms with van der Waals surface area (Å²) < 4.78 is 0. The smallest absolute Gasteiger partial charge is 0.257 e. The number of aryl methyl sites for hydroxylation is 1. The van der Waals surface area contributed by atoms with Gasteiger partial charge in [-0.1, -0.05) is 54.1 Å². The molecule has 1 atom stereocenters. The van der Waals surface area contributed by atoms with Crippen LogP contribution in [0, 0.1) is 12.8 Å². The molecule has 0 saturated carbocycles. The maximum Gasteiger partial charge on any atom is 0.257 e. The van der Waals surface area contributed by atoms with E-state index in [0.29, 0.717) is 6.61 Å². The molecule has 0 radical (unpaired) electrons. The van der Waals surface area contributed by atoms with E-state index in [1.165, 1.54) is 5.06 Å². The predicted molar refractivity (Wildman–Crippen MR) is 86.4 cm³/mol. The Morgan fingerprint density at radius 3 is 2.59 bits per heavy atom. The highest BCUT2D eigenvalue weighted by Crippen LogP contribution is 2.30. The minimum absolute atomic E-state index is 0.0209. The van der Waals surface area contributed by atoms with Crippen molar-refractivity contribution in [2.75, 3.05) is 0 Å². The Kier molecular flexibility index (Phi) is 4.07. The van der Waals surface area contributed by atoms with Crippen molar-refractivity contribution in [3.63, 3.8) is 0 Å². The van der Waals surface area contributed by atoms with E-state index in [9.17, 15) is 4.79 Å². The van der Waals surface area contributed by atoms with Crippen molar-refractivity contribution < 1.29 is 9.63 Å². The molecule has 0 fully saturated rings. The molecule has 0 N–H and O–H groups in total. The highest BCUT2D eigenvalue weighted by Gasteiger charge is 2.31. The maximum absolute atomic E-state index is 12.3. The van der Waals surface area contributed by atoms with Crippen molar-refractivity contribution in [3.8, 4) is 0 Å². The van der Waals surface area contributed by atoms with Crippen LogP contribution in [0.3, 0.4) is 0 Å². The zero-order chi connectivity index (χ0) is 15.5. The van der Waals surface area contributed by atoms with E-state index in [2.05, 4.69) is 6.07 Å². The molecule has 0 spiro atoms. The number of hydrogen-bond acceptors (Lipinski definition) is 2. The molecule has 1 heterocycles. The molecule has 112 valence electrons. The Hall–Kier alpha value is -2.39. The van der Waals surface area contributed by atoms with Gasteiger partial charge in [0.2, 0.25) is 0 Å². The van der Waals surface area contributed by atoms with E-state index in [4.69, 9.17) is 4.84 Å². The van der Waals surface area contributed by atoms with E-state index in [1.54, 1.807) is 0 Å². The molecule has 1 aliphatic rings. The SMILES string of the molecule is Cc1cccc(C2=CC(C)C(=O)N2OCc2ccccc2)c1. The molecule has 0 aliphatic carbocycles. The topological polar surface area (TPSA) is 29.5 Å². The van der Waals surface area contributed by atoms with Crippen LogP contribution in [-0.2, 0) is 16.2 Å². The van der Waals surface area contributed by atoms with Crippen molar-refractivity contribution >= 4 is 11.6 Å². The van der Waals surface area contributed by atoms with Crippen molar-refractivity contribution in [1.82, 2.24) is 5.06 Å². The fraction of sp³-hybridized carbons (Fsp3) is 0.211. The van der Waals surface area contributed by atoms with Crippen LogP contribution in [0.15, 0.2) is 60.7 Å². The summed E-state index contributed by atoms with van der Waals surface area (Å²) in [7, 11) is 0. The van der Waals surface area contributed by atoms with E-state index >= 15 is 0 Å². The first-order valence-corrected chi connectivity index (χ1v) is 7.45. The molecule has 3 heteroatoms. The number of hydroxylamine groups is 2. The monoisotopic (exact) mass is 293 g/mol. The second-order valence-electron chi connectivity index (χ2n) is 5.60. The third-order valence-corrected chi connectivity index (χ3v) is 3.73. The lowest BCUT2D eigenvalue weighted by Gasteiger charge is -2.20. The highest BCUT2D eigenvalue weighted by atomic mass is 16.7. The van der Waals surface area contributed by atoms with Crippen LogP contribution < -0.4 is 0 Å².